The zero-order chi connectivity index (χ0) is 12.7. The zero-order valence-electron chi connectivity index (χ0n) is 10.4. The molecule has 4 atom stereocenters. The highest BCUT2D eigenvalue weighted by Gasteiger charge is 2.47. The molecule has 3 aliphatic rings. The van der Waals surface area contributed by atoms with Gasteiger partial charge in [-0.1, -0.05) is 17.7 Å². The molecule has 3 fully saturated rings. The summed E-state index contributed by atoms with van der Waals surface area (Å²) in [6.07, 6.45) is 2.92. The van der Waals surface area contributed by atoms with Crippen LogP contribution in [0.5, 0.6) is 0 Å². The van der Waals surface area contributed by atoms with Gasteiger partial charge in [-0.2, -0.15) is 0 Å². The second-order valence-corrected chi connectivity index (χ2v) is 7.21. The Morgan fingerprint density at radius 2 is 1.94 bits per heavy atom. The largest absolute Gasteiger partial charge is 0.299 e. The number of aryl methyl sites for hydroxylation is 1. The summed E-state index contributed by atoms with van der Waals surface area (Å²) in [6.45, 7) is 2.10. The van der Waals surface area contributed by atoms with Gasteiger partial charge < -0.3 is 0 Å². The number of carbonyl (C=O) groups is 1. The third-order valence-electron chi connectivity index (χ3n) is 4.18. The Morgan fingerprint density at radius 3 is 2.56 bits per heavy atom. The van der Waals surface area contributed by atoms with Crippen molar-refractivity contribution in [2.75, 3.05) is 0 Å². The Bertz CT molecular complexity index is 454. The monoisotopic (exact) mass is 280 g/mol. The minimum Gasteiger partial charge on any atom is -0.299 e. The summed E-state index contributed by atoms with van der Waals surface area (Å²) in [5.41, 5.74) is 1.28. The van der Waals surface area contributed by atoms with Crippen LogP contribution in [0, 0.1) is 18.8 Å². The van der Waals surface area contributed by atoms with Crippen LogP contribution in [0.4, 0.5) is 0 Å². The predicted molar refractivity (Wildman–Crippen MR) is 76.3 cm³/mol. The molecular formula is C15H17ClOS. The Labute approximate surface area is 117 Å². The summed E-state index contributed by atoms with van der Waals surface area (Å²) in [4.78, 5) is 13.1. The van der Waals surface area contributed by atoms with E-state index in [1.165, 1.54) is 16.9 Å². The number of alkyl halides is 1. The summed E-state index contributed by atoms with van der Waals surface area (Å²) in [6, 6.07) is 8.59. The third-order valence-corrected chi connectivity index (χ3v) is 6.40. The van der Waals surface area contributed by atoms with Crippen molar-refractivity contribution in [3.8, 4) is 0 Å². The highest BCUT2D eigenvalue weighted by Crippen LogP contribution is 2.48. The predicted octanol–water partition coefficient (Wildman–Crippen LogP) is 4.06. The second kappa shape index (κ2) is 4.90. The van der Waals surface area contributed by atoms with Crippen molar-refractivity contribution in [1.82, 2.24) is 0 Å². The van der Waals surface area contributed by atoms with Crippen molar-refractivity contribution < 1.29 is 4.79 Å². The molecule has 0 saturated heterocycles. The van der Waals surface area contributed by atoms with Gasteiger partial charge in [-0.05, 0) is 37.8 Å². The lowest BCUT2D eigenvalue weighted by atomic mass is 9.69. The van der Waals surface area contributed by atoms with Crippen LogP contribution >= 0.6 is 23.4 Å². The topological polar surface area (TPSA) is 17.1 Å². The first kappa shape index (κ1) is 12.6. The maximum atomic E-state index is 11.8. The molecule has 1 aromatic rings. The maximum absolute atomic E-state index is 11.8. The van der Waals surface area contributed by atoms with Gasteiger partial charge in [0, 0.05) is 22.5 Å². The number of halogens is 1. The van der Waals surface area contributed by atoms with E-state index in [2.05, 4.69) is 31.2 Å². The molecule has 0 heterocycles. The molecule has 96 valence electrons. The number of hydrogen-bond donors (Lipinski definition) is 0. The zero-order valence-corrected chi connectivity index (χ0v) is 12.0. The van der Waals surface area contributed by atoms with Crippen LogP contribution in [-0.2, 0) is 4.79 Å². The van der Waals surface area contributed by atoms with Crippen molar-refractivity contribution in [1.29, 1.82) is 0 Å². The molecule has 2 bridgehead atoms. The van der Waals surface area contributed by atoms with E-state index in [4.69, 9.17) is 11.6 Å². The van der Waals surface area contributed by atoms with Crippen molar-refractivity contribution in [2.24, 2.45) is 11.8 Å². The van der Waals surface area contributed by atoms with Gasteiger partial charge in [0.05, 0.1) is 5.38 Å². The smallest absolute Gasteiger partial charge is 0.137 e. The van der Waals surface area contributed by atoms with E-state index in [-0.39, 0.29) is 11.3 Å². The third kappa shape index (κ3) is 2.21. The number of thioether (sulfide) groups is 1. The summed E-state index contributed by atoms with van der Waals surface area (Å²) in [5, 5.41) is 0.433. The quantitative estimate of drug-likeness (QED) is 0.760. The Kier molecular flexibility index (Phi) is 3.42. The Morgan fingerprint density at radius 1 is 1.22 bits per heavy atom. The first-order chi connectivity index (χ1) is 8.65. The van der Waals surface area contributed by atoms with Gasteiger partial charge in [0.15, 0.2) is 0 Å². The highest BCUT2D eigenvalue weighted by atomic mass is 35.5. The van der Waals surface area contributed by atoms with E-state index < -0.39 is 0 Å². The van der Waals surface area contributed by atoms with Crippen molar-refractivity contribution in [3.63, 3.8) is 0 Å². The number of fused-ring (bicyclic) bond motifs is 3. The lowest BCUT2D eigenvalue weighted by molar-refractivity contribution is -0.128. The molecule has 0 aliphatic heterocycles. The number of carbonyl (C=O) groups excluding carboxylic acids is 1. The molecule has 0 unspecified atom stereocenters. The van der Waals surface area contributed by atoms with Crippen molar-refractivity contribution in [2.45, 2.75) is 41.7 Å². The molecule has 3 heteroatoms. The Hall–Kier alpha value is -0.470. The summed E-state index contributed by atoms with van der Waals surface area (Å²) in [5.74, 6) is 0.989. The molecule has 4 rings (SSSR count). The average molecular weight is 281 g/mol. The Balaban J connectivity index is 1.77. The minimum atomic E-state index is 0.0244. The normalized spacial score (nSPS) is 34.9. The molecule has 0 amide bonds. The summed E-state index contributed by atoms with van der Waals surface area (Å²) in [7, 11) is 0. The lowest BCUT2D eigenvalue weighted by Gasteiger charge is -2.44. The van der Waals surface area contributed by atoms with Crippen LogP contribution in [0.1, 0.15) is 24.8 Å². The maximum Gasteiger partial charge on any atom is 0.137 e. The van der Waals surface area contributed by atoms with E-state index in [1.54, 1.807) is 0 Å². The van der Waals surface area contributed by atoms with E-state index in [0.29, 0.717) is 17.0 Å². The lowest BCUT2D eigenvalue weighted by Crippen LogP contribution is -2.48. The molecule has 0 radical (unpaired) electrons. The molecule has 18 heavy (non-hydrogen) atoms. The van der Waals surface area contributed by atoms with Gasteiger partial charge in [0.25, 0.3) is 0 Å². The van der Waals surface area contributed by atoms with E-state index in [1.807, 2.05) is 11.8 Å². The SMILES string of the molecule is Cc1ccc(S[C@@H]2[C@@H]3CC[C@@H](C(=O)C3)[C@H]2Cl)cc1. The average Bonchev–Trinajstić information content (AvgIpc) is 2.36. The van der Waals surface area contributed by atoms with Gasteiger partial charge in [0.2, 0.25) is 0 Å². The number of benzene rings is 1. The molecule has 1 nitrogen and oxygen atoms in total. The fraction of sp³-hybridized carbons (Fsp3) is 0.533. The molecule has 3 aliphatic carbocycles. The molecule has 1 aromatic carbocycles. The van der Waals surface area contributed by atoms with Crippen LogP contribution in [0.2, 0.25) is 0 Å². The number of hydrogen-bond acceptors (Lipinski definition) is 2. The fourth-order valence-corrected chi connectivity index (χ4v) is 5.09. The van der Waals surface area contributed by atoms with Crippen molar-refractivity contribution >= 4 is 29.1 Å². The van der Waals surface area contributed by atoms with Gasteiger partial charge in [-0.3, -0.25) is 4.79 Å². The van der Waals surface area contributed by atoms with Crippen LogP contribution in [0.25, 0.3) is 0 Å². The molecule has 0 spiro atoms. The van der Waals surface area contributed by atoms with Crippen molar-refractivity contribution in [3.05, 3.63) is 29.8 Å². The van der Waals surface area contributed by atoms with Gasteiger partial charge >= 0.3 is 0 Å². The van der Waals surface area contributed by atoms with Gasteiger partial charge in [-0.15, -0.1) is 23.4 Å². The van der Waals surface area contributed by atoms with Crippen LogP contribution in [0.15, 0.2) is 29.2 Å². The van der Waals surface area contributed by atoms with Gasteiger partial charge in [-0.25, -0.2) is 0 Å². The fourth-order valence-electron chi connectivity index (χ4n) is 3.11. The van der Waals surface area contributed by atoms with E-state index in [9.17, 15) is 4.79 Å². The van der Waals surface area contributed by atoms with Crippen LogP contribution in [-0.4, -0.2) is 16.4 Å². The first-order valence-electron chi connectivity index (χ1n) is 6.55. The number of rotatable bonds is 2. The molecular weight excluding hydrogens is 264 g/mol. The number of Topliss-reactive ketones (excluding diaryl/α,β-unsaturated/α-hetero) is 1. The van der Waals surface area contributed by atoms with Gasteiger partial charge in [0.1, 0.15) is 5.78 Å². The van der Waals surface area contributed by atoms with Crippen LogP contribution in [0.3, 0.4) is 0 Å². The minimum absolute atomic E-state index is 0.0244. The first-order valence-corrected chi connectivity index (χ1v) is 7.87. The summed E-state index contributed by atoms with van der Waals surface area (Å²) >= 11 is 8.38. The van der Waals surface area contributed by atoms with Crippen LogP contribution < -0.4 is 0 Å². The molecule has 0 N–H and O–H groups in total. The number of ketones is 1. The second-order valence-electron chi connectivity index (χ2n) is 5.45. The molecule has 3 saturated carbocycles. The summed E-state index contributed by atoms with van der Waals surface area (Å²) < 4.78 is 0. The highest BCUT2D eigenvalue weighted by molar-refractivity contribution is 8.00. The van der Waals surface area contributed by atoms with E-state index >= 15 is 0 Å². The standard InChI is InChI=1S/C15H17ClOS/c1-9-2-5-11(6-3-9)18-15-10-4-7-12(14(15)16)13(17)8-10/h2-3,5-6,10,12,14-15H,4,7-8H2,1H3/t10-,12+,14-,15-/m1/s1. The molecule has 0 aromatic heterocycles. The van der Waals surface area contributed by atoms with E-state index in [0.717, 1.165) is 12.8 Å².